The van der Waals surface area contributed by atoms with Gasteiger partial charge in [-0.25, -0.2) is 4.98 Å². The van der Waals surface area contributed by atoms with Crippen molar-refractivity contribution in [1.29, 1.82) is 0 Å². The zero-order chi connectivity index (χ0) is 19.7. The first-order valence-corrected chi connectivity index (χ1v) is 10.1. The molecule has 0 saturated carbocycles. The molecule has 0 amide bonds. The Kier molecular flexibility index (Phi) is 5.49. The molecule has 0 radical (unpaired) electrons. The van der Waals surface area contributed by atoms with Crippen LogP contribution in [0.1, 0.15) is 13.8 Å². The number of nitrogens with two attached hydrogens (primary N) is 1. The van der Waals surface area contributed by atoms with Crippen molar-refractivity contribution in [2.45, 2.75) is 25.9 Å². The molecule has 144 valence electrons. The molecule has 2 heterocycles. The monoisotopic (exact) mass is 414 g/mol. The molecule has 5 nitrogen and oxygen atoms in total. The smallest absolute Gasteiger partial charge is 0.183 e. The van der Waals surface area contributed by atoms with Crippen LogP contribution in [0.4, 0.5) is 5.82 Å². The first kappa shape index (κ1) is 19.1. The lowest BCUT2D eigenvalue weighted by Gasteiger charge is -2.34. The summed E-state index contributed by atoms with van der Waals surface area (Å²) in [7, 11) is 0. The van der Waals surface area contributed by atoms with Gasteiger partial charge in [0.2, 0.25) is 0 Å². The summed E-state index contributed by atoms with van der Waals surface area (Å²) in [6, 6.07) is 16.1. The van der Waals surface area contributed by atoms with Crippen LogP contribution in [0.2, 0.25) is 10.0 Å². The van der Waals surface area contributed by atoms with Crippen molar-refractivity contribution in [3.63, 3.8) is 0 Å². The van der Waals surface area contributed by atoms with Gasteiger partial charge in [-0.05, 0) is 50.2 Å². The third-order valence-corrected chi connectivity index (χ3v) is 5.37. The molecule has 7 heteroatoms. The van der Waals surface area contributed by atoms with Crippen LogP contribution >= 0.6 is 23.2 Å². The van der Waals surface area contributed by atoms with E-state index in [1.807, 2.05) is 48.5 Å². The third kappa shape index (κ3) is 4.12. The minimum atomic E-state index is 0.482. The maximum absolute atomic E-state index is 6.07. The second kappa shape index (κ2) is 8.03. The molecule has 4 rings (SSSR count). The number of hydrogen-bond donors (Lipinski definition) is 1. The zero-order valence-electron chi connectivity index (χ0n) is 15.8. The molecule has 1 saturated heterocycles. The normalized spacial score (nSPS) is 19.6. The molecule has 28 heavy (non-hydrogen) atoms. The highest BCUT2D eigenvalue weighted by Crippen LogP contribution is 2.30. The predicted octanol–water partition coefficient (Wildman–Crippen LogP) is 3.67. The molecular formula is C21H22Cl2N5+. The highest BCUT2D eigenvalue weighted by Gasteiger charge is 2.28. The van der Waals surface area contributed by atoms with Gasteiger partial charge in [0.25, 0.3) is 0 Å². The fourth-order valence-electron chi connectivity index (χ4n) is 3.68. The van der Waals surface area contributed by atoms with Crippen LogP contribution in [0.15, 0.2) is 48.5 Å². The van der Waals surface area contributed by atoms with Crippen molar-refractivity contribution in [2.24, 2.45) is 0 Å². The highest BCUT2D eigenvalue weighted by atomic mass is 35.5. The van der Waals surface area contributed by atoms with Crippen LogP contribution in [0.25, 0.3) is 22.6 Å². The summed E-state index contributed by atoms with van der Waals surface area (Å²) in [5, 5.41) is 12.7. The number of hydrogen-bond acceptors (Lipinski definition) is 4. The van der Waals surface area contributed by atoms with Crippen LogP contribution in [0, 0.1) is 0 Å². The summed E-state index contributed by atoms with van der Waals surface area (Å²) < 4.78 is 0. The number of nitrogens with zero attached hydrogens (tertiary/aromatic N) is 4. The van der Waals surface area contributed by atoms with E-state index in [0.29, 0.717) is 28.0 Å². The topological polar surface area (TPSA) is 58.5 Å². The van der Waals surface area contributed by atoms with Gasteiger partial charge in [-0.3, -0.25) is 0 Å². The second-order valence-corrected chi connectivity index (χ2v) is 8.25. The van der Waals surface area contributed by atoms with Crippen molar-refractivity contribution >= 4 is 29.0 Å². The Bertz CT molecular complexity index is 950. The molecule has 1 aliphatic rings. The summed E-state index contributed by atoms with van der Waals surface area (Å²) in [4.78, 5) is 7.24. The van der Waals surface area contributed by atoms with Crippen LogP contribution < -0.4 is 10.2 Å². The first-order valence-electron chi connectivity index (χ1n) is 9.36. The molecule has 3 aromatic rings. The predicted molar refractivity (Wildman–Crippen MR) is 114 cm³/mol. The minimum absolute atomic E-state index is 0.482. The van der Waals surface area contributed by atoms with Gasteiger partial charge in [0.05, 0.1) is 13.1 Å². The molecule has 0 bridgehead atoms. The highest BCUT2D eigenvalue weighted by molar-refractivity contribution is 6.30. The standard InChI is InChI=1S/C21H21Cl2N5/c1-13-11-28(12-14(2)24-13)21-19(15-3-7-17(22)8-4-15)26-27-20(25-21)16-5-9-18(23)10-6-16/h3-10,13-14,24H,11-12H2,1-2H3/p+1/t13-,14-/m1/s1. The molecule has 1 aliphatic heterocycles. The van der Waals surface area contributed by atoms with Crippen molar-refractivity contribution in [3.05, 3.63) is 58.6 Å². The molecule has 2 atom stereocenters. The van der Waals surface area contributed by atoms with E-state index in [1.165, 1.54) is 0 Å². The van der Waals surface area contributed by atoms with Gasteiger partial charge in [-0.1, -0.05) is 35.3 Å². The fraction of sp³-hybridized carbons (Fsp3) is 0.286. The number of halogens is 2. The SMILES string of the molecule is C[C@@H]1CN(c2nc(-c3ccc(Cl)cc3)nnc2-c2ccc(Cl)cc2)C[C@@H](C)[NH2+]1. The van der Waals surface area contributed by atoms with E-state index in [4.69, 9.17) is 28.2 Å². The minimum Gasteiger partial charge on any atom is -0.343 e. The van der Waals surface area contributed by atoms with Crippen LogP contribution in [-0.4, -0.2) is 40.4 Å². The molecule has 0 unspecified atom stereocenters. The first-order chi connectivity index (χ1) is 13.5. The Morgan fingerprint density at radius 1 is 0.821 bits per heavy atom. The molecule has 2 aromatic carbocycles. The summed E-state index contributed by atoms with van der Waals surface area (Å²) >= 11 is 12.1. The number of aromatic nitrogens is 3. The van der Waals surface area contributed by atoms with Gasteiger partial charge in [-0.15, -0.1) is 10.2 Å². The third-order valence-electron chi connectivity index (χ3n) is 4.86. The van der Waals surface area contributed by atoms with Gasteiger partial charge in [-0.2, -0.15) is 0 Å². The average Bonchev–Trinajstić information content (AvgIpc) is 2.68. The Morgan fingerprint density at radius 3 is 1.93 bits per heavy atom. The lowest BCUT2D eigenvalue weighted by atomic mass is 10.1. The second-order valence-electron chi connectivity index (χ2n) is 7.37. The summed E-state index contributed by atoms with van der Waals surface area (Å²) in [6.45, 7) is 6.28. The molecule has 0 spiro atoms. The lowest BCUT2D eigenvalue weighted by Crippen LogP contribution is -2.99. The molecule has 2 N–H and O–H groups in total. The van der Waals surface area contributed by atoms with E-state index in [1.54, 1.807) is 0 Å². The van der Waals surface area contributed by atoms with Crippen molar-refractivity contribution < 1.29 is 5.32 Å². The number of piperazine rings is 1. The maximum Gasteiger partial charge on any atom is 0.183 e. The Hall–Kier alpha value is -2.21. The Balaban J connectivity index is 1.81. The van der Waals surface area contributed by atoms with E-state index >= 15 is 0 Å². The van der Waals surface area contributed by atoms with Gasteiger partial charge in [0.1, 0.15) is 17.8 Å². The quantitative estimate of drug-likeness (QED) is 0.709. The summed E-state index contributed by atoms with van der Waals surface area (Å²) in [5.41, 5.74) is 2.62. The Morgan fingerprint density at radius 2 is 1.36 bits per heavy atom. The lowest BCUT2D eigenvalue weighted by molar-refractivity contribution is -0.716. The molecular weight excluding hydrogens is 393 g/mol. The average molecular weight is 415 g/mol. The Labute approximate surface area is 174 Å². The van der Waals surface area contributed by atoms with Crippen LogP contribution in [0.3, 0.4) is 0 Å². The van der Waals surface area contributed by atoms with Crippen molar-refractivity contribution in [3.8, 4) is 22.6 Å². The number of benzene rings is 2. The van der Waals surface area contributed by atoms with Crippen molar-refractivity contribution in [1.82, 2.24) is 15.2 Å². The van der Waals surface area contributed by atoms with E-state index in [0.717, 1.165) is 35.7 Å². The summed E-state index contributed by atoms with van der Waals surface area (Å²) in [5.74, 6) is 1.45. The fourth-order valence-corrected chi connectivity index (χ4v) is 3.93. The van der Waals surface area contributed by atoms with Gasteiger partial charge in [0.15, 0.2) is 11.6 Å². The number of quaternary nitrogens is 1. The molecule has 1 fully saturated rings. The van der Waals surface area contributed by atoms with E-state index in [2.05, 4.69) is 34.3 Å². The van der Waals surface area contributed by atoms with Gasteiger partial charge >= 0.3 is 0 Å². The van der Waals surface area contributed by atoms with E-state index in [9.17, 15) is 0 Å². The zero-order valence-corrected chi connectivity index (χ0v) is 17.3. The van der Waals surface area contributed by atoms with Crippen LogP contribution in [0.5, 0.6) is 0 Å². The summed E-state index contributed by atoms with van der Waals surface area (Å²) in [6.07, 6.45) is 0. The van der Waals surface area contributed by atoms with Gasteiger partial charge < -0.3 is 10.2 Å². The molecule has 0 aliphatic carbocycles. The molecule has 1 aromatic heterocycles. The largest absolute Gasteiger partial charge is 0.343 e. The number of rotatable bonds is 3. The van der Waals surface area contributed by atoms with E-state index < -0.39 is 0 Å². The van der Waals surface area contributed by atoms with Crippen LogP contribution in [-0.2, 0) is 0 Å². The maximum atomic E-state index is 6.07. The van der Waals surface area contributed by atoms with Gasteiger partial charge in [0, 0.05) is 21.2 Å². The van der Waals surface area contributed by atoms with E-state index in [-0.39, 0.29) is 0 Å². The van der Waals surface area contributed by atoms with Crippen molar-refractivity contribution in [2.75, 3.05) is 18.0 Å². The number of anilines is 1.